The third kappa shape index (κ3) is 9.12. The van der Waals surface area contributed by atoms with Gasteiger partial charge in [-0.2, -0.15) is 0 Å². The molecule has 0 heterocycles. The Morgan fingerprint density at radius 1 is 0.872 bits per heavy atom. The van der Waals surface area contributed by atoms with Crippen molar-refractivity contribution in [3.05, 3.63) is 105 Å². The van der Waals surface area contributed by atoms with Gasteiger partial charge in [0.05, 0.1) is 10.0 Å². The first kappa shape index (κ1) is 30.7. The van der Waals surface area contributed by atoms with E-state index in [4.69, 9.17) is 23.2 Å². The minimum absolute atomic E-state index is 0.000896. The van der Waals surface area contributed by atoms with E-state index in [1.54, 1.807) is 17.0 Å². The van der Waals surface area contributed by atoms with Crippen molar-refractivity contribution in [1.29, 1.82) is 0 Å². The van der Waals surface area contributed by atoms with Crippen molar-refractivity contribution < 1.29 is 9.59 Å². The lowest BCUT2D eigenvalue weighted by atomic mass is 9.86. The summed E-state index contributed by atoms with van der Waals surface area (Å²) in [6, 6.07) is 22.9. The van der Waals surface area contributed by atoms with Crippen LogP contribution in [-0.4, -0.2) is 28.8 Å². The number of rotatable bonds is 11. The van der Waals surface area contributed by atoms with E-state index < -0.39 is 6.04 Å². The number of hydrogen-bond acceptors (Lipinski definition) is 2. The van der Waals surface area contributed by atoms with Gasteiger partial charge in [-0.15, -0.1) is 0 Å². The van der Waals surface area contributed by atoms with Crippen LogP contribution in [0.1, 0.15) is 69.7 Å². The molecule has 2 amide bonds. The number of carbonyl (C=O) groups is 2. The van der Waals surface area contributed by atoms with Crippen LogP contribution in [0.3, 0.4) is 0 Å². The van der Waals surface area contributed by atoms with Gasteiger partial charge in [0.2, 0.25) is 11.8 Å². The molecule has 0 aromatic heterocycles. The molecule has 0 aliphatic carbocycles. The summed E-state index contributed by atoms with van der Waals surface area (Å²) in [6.45, 7) is 10.8. The summed E-state index contributed by atoms with van der Waals surface area (Å²) in [5.41, 5.74) is 4.23. The molecule has 3 aromatic carbocycles. The lowest BCUT2D eigenvalue weighted by Crippen LogP contribution is -2.52. The van der Waals surface area contributed by atoms with Crippen LogP contribution in [0, 0.1) is 0 Å². The Morgan fingerprint density at radius 3 is 2.10 bits per heavy atom. The molecule has 0 bridgehead atoms. The Hall–Kier alpha value is -2.82. The van der Waals surface area contributed by atoms with Gasteiger partial charge in [-0.3, -0.25) is 9.59 Å². The number of aryl methyl sites for hydroxylation is 1. The predicted octanol–water partition coefficient (Wildman–Crippen LogP) is 7.78. The van der Waals surface area contributed by atoms with Crippen LogP contribution < -0.4 is 5.32 Å². The van der Waals surface area contributed by atoms with Gasteiger partial charge in [-0.05, 0) is 59.6 Å². The van der Waals surface area contributed by atoms with Crippen LogP contribution in [0.2, 0.25) is 10.0 Å². The number of halogens is 2. The molecule has 0 unspecified atom stereocenters. The lowest BCUT2D eigenvalue weighted by Gasteiger charge is -2.32. The van der Waals surface area contributed by atoms with Gasteiger partial charge >= 0.3 is 0 Å². The summed E-state index contributed by atoms with van der Waals surface area (Å²) in [6.07, 6.45) is 2.09. The maximum Gasteiger partial charge on any atom is 0.243 e. The number of hydrogen-bond donors (Lipinski definition) is 1. The van der Waals surface area contributed by atoms with Crippen molar-refractivity contribution in [2.75, 3.05) is 0 Å². The maximum absolute atomic E-state index is 13.9. The maximum atomic E-state index is 13.9. The predicted molar refractivity (Wildman–Crippen MR) is 162 cm³/mol. The van der Waals surface area contributed by atoms with Crippen molar-refractivity contribution in [2.45, 2.75) is 84.3 Å². The van der Waals surface area contributed by atoms with Gasteiger partial charge in [-0.25, -0.2) is 0 Å². The highest BCUT2D eigenvalue weighted by Gasteiger charge is 2.31. The molecule has 6 heteroatoms. The number of amides is 2. The number of carbonyl (C=O) groups excluding carboxylic acids is 2. The van der Waals surface area contributed by atoms with E-state index in [0.717, 1.165) is 23.1 Å². The standard InChI is InChI=1S/C33H40Cl2N2O2/c1-6-23(2)36-32(39)30(21-25-10-8-7-9-11-25)37(22-26-14-18-28(34)29(35)20-26)31(38)19-15-24-12-16-27(17-13-24)33(3,4)5/h7-14,16-18,20,23,30H,6,15,19,21-22H2,1-5H3,(H,36,39)/t23-,30+/m0/s1. The highest BCUT2D eigenvalue weighted by Crippen LogP contribution is 2.25. The average molecular weight is 568 g/mol. The van der Waals surface area contributed by atoms with Gasteiger partial charge in [0.1, 0.15) is 6.04 Å². The molecule has 2 atom stereocenters. The first-order valence-electron chi connectivity index (χ1n) is 13.6. The second-order valence-electron chi connectivity index (χ2n) is 11.2. The van der Waals surface area contributed by atoms with E-state index in [9.17, 15) is 9.59 Å². The third-order valence-corrected chi connectivity index (χ3v) is 7.80. The quantitative estimate of drug-likeness (QED) is 0.257. The van der Waals surface area contributed by atoms with Gasteiger partial charge < -0.3 is 10.2 Å². The van der Waals surface area contributed by atoms with Crippen LogP contribution in [0.5, 0.6) is 0 Å². The van der Waals surface area contributed by atoms with Crippen LogP contribution in [0.4, 0.5) is 0 Å². The van der Waals surface area contributed by atoms with Gasteiger partial charge in [-0.1, -0.05) is 112 Å². The summed E-state index contributed by atoms with van der Waals surface area (Å²) in [7, 11) is 0. The molecule has 0 aliphatic heterocycles. The van der Waals surface area contributed by atoms with Crippen molar-refractivity contribution >= 4 is 35.0 Å². The van der Waals surface area contributed by atoms with Crippen molar-refractivity contribution in [1.82, 2.24) is 10.2 Å². The fourth-order valence-electron chi connectivity index (χ4n) is 4.40. The Kier molecular flexibility index (Phi) is 11.0. The Labute approximate surface area is 243 Å². The Morgan fingerprint density at radius 2 is 1.51 bits per heavy atom. The molecule has 0 spiro atoms. The molecule has 1 N–H and O–H groups in total. The van der Waals surface area contributed by atoms with E-state index >= 15 is 0 Å². The summed E-state index contributed by atoms with van der Waals surface area (Å²) >= 11 is 12.5. The van der Waals surface area contributed by atoms with Gasteiger partial charge in [0, 0.05) is 25.4 Å². The van der Waals surface area contributed by atoms with Crippen molar-refractivity contribution in [3.63, 3.8) is 0 Å². The molecule has 0 radical (unpaired) electrons. The van der Waals surface area contributed by atoms with E-state index in [2.05, 4.69) is 50.4 Å². The third-order valence-electron chi connectivity index (χ3n) is 7.06. The minimum atomic E-state index is -0.674. The highest BCUT2D eigenvalue weighted by molar-refractivity contribution is 6.42. The van der Waals surface area contributed by atoms with E-state index in [1.165, 1.54) is 5.56 Å². The topological polar surface area (TPSA) is 49.4 Å². The molecule has 0 saturated carbocycles. The zero-order valence-electron chi connectivity index (χ0n) is 23.6. The van der Waals surface area contributed by atoms with E-state index in [-0.39, 0.29) is 36.2 Å². The minimum Gasteiger partial charge on any atom is -0.352 e. The summed E-state index contributed by atoms with van der Waals surface area (Å²) in [5, 5.41) is 3.98. The molecular formula is C33H40Cl2N2O2. The largest absolute Gasteiger partial charge is 0.352 e. The molecule has 0 aliphatic rings. The fraction of sp³-hybridized carbons (Fsp3) is 0.394. The molecule has 4 nitrogen and oxygen atoms in total. The smallest absolute Gasteiger partial charge is 0.243 e. The molecule has 208 valence electrons. The van der Waals surface area contributed by atoms with Crippen molar-refractivity contribution in [3.8, 4) is 0 Å². The van der Waals surface area contributed by atoms with Crippen molar-refractivity contribution in [2.24, 2.45) is 0 Å². The molecule has 3 aromatic rings. The Balaban J connectivity index is 1.91. The van der Waals surface area contributed by atoms with Crippen LogP contribution >= 0.6 is 23.2 Å². The van der Waals surface area contributed by atoms with Crippen LogP contribution in [0.15, 0.2) is 72.8 Å². The Bertz CT molecular complexity index is 1240. The summed E-state index contributed by atoms with van der Waals surface area (Å²) < 4.78 is 0. The zero-order chi connectivity index (χ0) is 28.6. The van der Waals surface area contributed by atoms with Gasteiger partial charge in [0.25, 0.3) is 0 Å². The van der Waals surface area contributed by atoms with E-state index in [0.29, 0.717) is 22.9 Å². The normalized spacial score (nSPS) is 13.0. The summed E-state index contributed by atoms with van der Waals surface area (Å²) in [4.78, 5) is 29.2. The molecule has 39 heavy (non-hydrogen) atoms. The number of nitrogens with zero attached hydrogens (tertiary/aromatic N) is 1. The van der Waals surface area contributed by atoms with E-state index in [1.807, 2.05) is 50.2 Å². The van der Waals surface area contributed by atoms with Gasteiger partial charge in [0.15, 0.2) is 0 Å². The number of nitrogens with one attached hydrogen (secondary N) is 1. The second-order valence-corrected chi connectivity index (χ2v) is 12.1. The second kappa shape index (κ2) is 14.0. The van der Waals surface area contributed by atoms with Crippen LogP contribution in [-0.2, 0) is 34.4 Å². The molecule has 3 rings (SSSR count). The first-order chi connectivity index (χ1) is 18.5. The van der Waals surface area contributed by atoms with Crippen LogP contribution in [0.25, 0.3) is 0 Å². The molecular weight excluding hydrogens is 527 g/mol. The highest BCUT2D eigenvalue weighted by atomic mass is 35.5. The fourth-order valence-corrected chi connectivity index (χ4v) is 4.72. The summed E-state index contributed by atoms with van der Waals surface area (Å²) in [5.74, 6) is -0.239. The monoisotopic (exact) mass is 566 g/mol. The SMILES string of the molecule is CC[C@H](C)NC(=O)[C@@H](Cc1ccccc1)N(Cc1ccc(Cl)c(Cl)c1)C(=O)CCc1ccc(C(C)(C)C)cc1. The molecule has 0 fully saturated rings. The lowest BCUT2D eigenvalue weighted by molar-refractivity contribution is -0.141. The molecule has 0 saturated heterocycles. The average Bonchev–Trinajstić information content (AvgIpc) is 2.91. The first-order valence-corrected chi connectivity index (χ1v) is 14.4. The zero-order valence-corrected chi connectivity index (χ0v) is 25.1. The number of benzene rings is 3.